The molecule has 0 aromatic heterocycles. The predicted molar refractivity (Wildman–Crippen MR) is 94.8 cm³/mol. The number of nitrogens with one attached hydrogen (secondary N) is 1. The Morgan fingerprint density at radius 3 is 2.48 bits per heavy atom. The molecule has 0 aliphatic carbocycles. The van der Waals surface area contributed by atoms with Gasteiger partial charge in [0.2, 0.25) is 0 Å². The molecule has 1 aromatic carbocycles. The van der Waals surface area contributed by atoms with Gasteiger partial charge in [-0.15, -0.1) is 6.58 Å². The lowest BCUT2D eigenvalue weighted by atomic mass is 9.78. The van der Waals surface area contributed by atoms with Crippen LogP contribution in [0.15, 0.2) is 43.0 Å². The number of benzene rings is 1. The molecule has 118 valence electrons. The van der Waals surface area contributed by atoms with Gasteiger partial charge in [0.25, 0.3) is 0 Å². The maximum absolute atomic E-state index is 3.85. The van der Waals surface area contributed by atoms with Crippen LogP contribution in [0.4, 0.5) is 0 Å². The maximum atomic E-state index is 3.85. The Labute approximate surface area is 131 Å². The van der Waals surface area contributed by atoms with Crippen molar-refractivity contribution < 1.29 is 0 Å². The summed E-state index contributed by atoms with van der Waals surface area (Å²) < 4.78 is 0. The van der Waals surface area contributed by atoms with Crippen molar-refractivity contribution in [3.05, 3.63) is 48.6 Å². The van der Waals surface area contributed by atoms with Gasteiger partial charge < -0.3 is 5.32 Å². The third-order valence-corrected chi connectivity index (χ3v) is 4.45. The van der Waals surface area contributed by atoms with Gasteiger partial charge in [-0.3, -0.25) is 0 Å². The zero-order chi connectivity index (χ0) is 15.5. The average molecular weight is 287 g/mol. The van der Waals surface area contributed by atoms with Crippen molar-refractivity contribution in [3.8, 4) is 0 Å². The van der Waals surface area contributed by atoms with E-state index in [1.54, 1.807) is 0 Å². The van der Waals surface area contributed by atoms with Gasteiger partial charge in [0, 0.05) is 12.0 Å². The average Bonchev–Trinajstić information content (AvgIpc) is 2.53. The highest BCUT2D eigenvalue weighted by atomic mass is 14.9. The van der Waals surface area contributed by atoms with Crippen LogP contribution in [0.1, 0.15) is 64.4 Å². The van der Waals surface area contributed by atoms with Crippen molar-refractivity contribution >= 4 is 0 Å². The van der Waals surface area contributed by atoms with Crippen molar-refractivity contribution in [3.63, 3.8) is 0 Å². The number of rotatable bonds is 11. The van der Waals surface area contributed by atoms with Gasteiger partial charge in [0.1, 0.15) is 0 Å². The summed E-state index contributed by atoms with van der Waals surface area (Å²) in [5.41, 5.74) is 1.49. The summed E-state index contributed by atoms with van der Waals surface area (Å²) in [5, 5.41) is 3.81. The molecule has 3 atom stereocenters. The summed E-state index contributed by atoms with van der Waals surface area (Å²) in [6.07, 6.45) is 8.04. The fraction of sp³-hybridized carbons (Fsp3) is 0.600. The summed E-state index contributed by atoms with van der Waals surface area (Å²) in [7, 11) is 0. The molecule has 1 N–H and O–H groups in total. The lowest BCUT2D eigenvalue weighted by Crippen LogP contribution is -2.38. The molecular weight excluding hydrogens is 254 g/mol. The summed E-state index contributed by atoms with van der Waals surface area (Å²) in [4.78, 5) is 0. The van der Waals surface area contributed by atoms with Gasteiger partial charge in [-0.1, -0.05) is 63.6 Å². The van der Waals surface area contributed by atoms with Gasteiger partial charge in [-0.2, -0.15) is 0 Å². The molecule has 0 fully saturated rings. The molecule has 0 amide bonds. The fourth-order valence-electron chi connectivity index (χ4n) is 3.11. The third-order valence-electron chi connectivity index (χ3n) is 4.45. The van der Waals surface area contributed by atoms with Crippen LogP contribution in [0.3, 0.4) is 0 Å². The molecule has 0 bridgehead atoms. The van der Waals surface area contributed by atoms with Gasteiger partial charge >= 0.3 is 0 Å². The van der Waals surface area contributed by atoms with E-state index >= 15 is 0 Å². The summed E-state index contributed by atoms with van der Waals surface area (Å²) in [6.45, 7) is 11.9. The first-order valence-corrected chi connectivity index (χ1v) is 8.63. The van der Waals surface area contributed by atoms with E-state index in [0.29, 0.717) is 17.9 Å². The third kappa shape index (κ3) is 6.05. The lowest BCUT2D eigenvalue weighted by molar-refractivity contribution is 0.317. The van der Waals surface area contributed by atoms with E-state index in [0.717, 1.165) is 13.0 Å². The van der Waals surface area contributed by atoms with Crippen LogP contribution in [0.5, 0.6) is 0 Å². The Hall–Kier alpha value is -1.08. The molecule has 0 heterocycles. The van der Waals surface area contributed by atoms with Gasteiger partial charge in [0.15, 0.2) is 0 Å². The van der Waals surface area contributed by atoms with Crippen molar-refractivity contribution in [2.45, 2.75) is 64.8 Å². The van der Waals surface area contributed by atoms with Crippen LogP contribution in [-0.4, -0.2) is 12.6 Å². The molecule has 1 nitrogen and oxygen atoms in total. The minimum absolute atomic E-state index is 0.572. The largest absolute Gasteiger partial charge is 0.313 e. The molecule has 1 heteroatoms. The Balaban J connectivity index is 2.89. The molecule has 0 spiro atoms. The standard InChI is InChI=1S/C20H33N/c1-5-8-10-15-19(21-16-6-2)20(17(4)7-3)18-13-11-9-12-14-18/h5,9,11-14,17,19-21H,1,6-8,10,15-16H2,2-4H3. The Morgan fingerprint density at radius 2 is 1.90 bits per heavy atom. The quantitative estimate of drug-likeness (QED) is 0.416. The summed E-state index contributed by atoms with van der Waals surface area (Å²) >= 11 is 0. The van der Waals surface area contributed by atoms with Crippen LogP contribution in [0.25, 0.3) is 0 Å². The Morgan fingerprint density at radius 1 is 1.19 bits per heavy atom. The normalized spacial score (nSPS) is 15.4. The Bertz CT molecular complexity index is 371. The van der Waals surface area contributed by atoms with Crippen LogP contribution < -0.4 is 5.32 Å². The van der Waals surface area contributed by atoms with Crippen LogP contribution >= 0.6 is 0 Å². The molecule has 0 saturated carbocycles. The first-order valence-electron chi connectivity index (χ1n) is 8.63. The number of unbranched alkanes of at least 4 members (excludes halogenated alkanes) is 1. The predicted octanol–water partition coefficient (Wildman–Crippen LogP) is 5.54. The SMILES string of the molecule is C=CCCCC(NCCC)C(c1ccccc1)C(C)CC. The van der Waals surface area contributed by atoms with E-state index in [4.69, 9.17) is 0 Å². The minimum Gasteiger partial charge on any atom is -0.313 e. The maximum Gasteiger partial charge on any atom is 0.0138 e. The van der Waals surface area contributed by atoms with Gasteiger partial charge in [0.05, 0.1) is 0 Å². The highest BCUT2D eigenvalue weighted by molar-refractivity contribution is 5.22. The smallest absolute Gasteiger partial charge is 0.0138 e. The van der Waals surface area contributed by atoms with Crippen LogP contribution in [-0.2, 0) is 0 Å². The van der Waals surface area contributed by atoms with Crippen molar-refractivity contribution in [2.24, 2.45) is 5.92 Å². The van der Waals surface area contributed by atoms with Gasteiger partial charge in [-0.05, 0) is 43.7 Å². The van der Waals surface area contributed by atoms with E-state index in [1.165, 1.54) is 31.2 Å². The van der Waals surface area contributed by atoms with Gasteiger partial charge in [-0.25, -0.2) is 0 Å². The first-order chi connectivity index (χ1) is 10.2. The van der Waals surface area contributed by atoms with Crippen LogP contribution in [0.2, 0.25) is 0 Å². The summed E-state index contributed by atoms with van der Waals surface area (Å²) in [5.74, 6) is 1.30. The molecule has 0 aliphatic rings. The highest BCUT2D eigenvalue weighted by Gasteiger charge is 2.26. The second-order valence-corrected chi connectivity index (χ2v) is 6.10. The van der Waals surface area contributed by atoms with E-state index in [-0.39, 0.29) is 0 Å². The van der Waals surface area contributed by atoms with Crippen molar-refractivity contribution in [1.29, 1.82) is 0 Å². The highest BCUT2D eigenvalue weighted by Crippen LogP contribution is 2.32. The fourth-order valence-corrected chi connectivity index (χ4v) is 3.11. The molecule has 0 saturated heterocycles. The topological polar surface area (TPSA) is 12.0 Å². The molecule has 1 rings (SSSR count). The molecule has 1 aromatic rings. The van der Waals surface area contributed by atoms with Crippen molar-refractivity contribution in [2.75, 3.05) is 6.54 Å². The summed E-state index contributed by atoms with van der Waals surface area (Å²) in [6, 6.07) is 11.6. The second-order valence-electron chi connectivity index (χ2n) is 6.10. The lowest BCUT2D eigenvalue weighted by Gasteiger charge is -2.33. The van der Waals surface area contributed by atoms with E-state index in [9.17, 15) is 0 Å². The molecular formula is C20H33N. The number of hydrogen-bond donors (Lipinski definition) is 1. The van der Waals surface area contributed by atoms with Crippen molar-refractivity contribution in [1.82, 2.24) is 5.32 Å². The zero-order valence-corrected chi connectivity index (χ0v) is 14.1. The number of hydrogen-bond acceptors (Lipinski definition) is 1. The first kappa shape index (κ1) is 18.0. The second kappa shape index (κ2) is 10.6. The number of allylic oxidation sites excluding steroid dienone is 1. The van der Waals surface area contributed by atoms with E-state index in [1.807, 2.05) is 6.08 Å². The van der Waals surface area contributed by atoms with E-state index in [2.05, 4.69) is 63.0 Å². The molecule has 3 unspecified atom stereocenters. The van der Waals surface area contributed by atoms with Crippen LogP contribution in [0, 0.1) is 5.92 Å². The molecule has 21 heavy (non-hydrogen) atoms. The molecule has 0 radical (unpaired) electrons. The Kier molecular flexibility index (Phi) is 9.09. The molecule has 0 aliphatic heterocycles. The van der Waals surface area contributed by atoms with E-state index < -0.39 is 0 Å². The monoisotopic (exact) mass is 287 g/mol. The minimum atomic E-state index is 0.572. The zero-order valence-electron chi connectivity index (χ0n) is 14.1.